The van der Waals surface area contributed by atoms with Crippen molar-refractivity contribution in [2.75, 3.05) is 0 Å². The summed E-state index contributed by atoms with van der Waals surface area (Å²) in [5.41, 5.74) is 1.83. The summed E-state index contributed by atoms with van der Waals surface area (Å²) in [7, 11) is 1.72. The number of hydrogen-bond acceptors (Lipinski definition) is 2. The summed E-state index contributed by atoms with van der Waals surface area (Å²) in [4.78, 5) is 25.4. The van der Waals surface area contributed by atoms with E-state index in [1.54, 1.807) is 11.6 Å². The van der Waals surface area contributed by atoms with E-state index in [0.717, 1.165) is 16.5 Å². The molecule has 1 aromatic heterocycles. The lowest BCUT2D eigenvalue weighted by Gasteiger charge is -2.32. The minimum atomic E-state index is -0.234. The fraction of sp³-hybridized carbons (Fsp3) is 0.273. The molecular weight excluding hydrogens is 324 g/mol. The molecule has 0 aliphatic rings. The highest BCUT2D eigenvalue weighted by atomic mass is 16.2. The number of nitrogens with zero attached hydrogens (tertiary/aromatic N) is 1. The molecule has 0 saturated heterocycles. The predicted molar refractivity (Wildman–Crippen MR) is 105 cm³/mol. The number of aromatic nitrogens is 1. The molecule has 3 rings (SSSR count). The van der Waals surface area contributed by atoms with Crippen LogP contribution in [0.1, 0.15) is 42.7 Å². The fourth-order valence-electron chi connectivity index (χ4n) is 3.25. The van der Waals surface area contributed by atoms with Crippen LogP contribution in [0.15, 0.2) is 65.5 Å². The van der Waals surface area contributed by atoms with Crippen molar-refractivity contribution in [3.8, 4) is 0 Å². The Morgan fingerprint density at radius 3 is 2.27 bits per heavy atom. The lowest BCUT2D eigenvalue weighted by atomic mass is 9.82. The van der Waals surface area contributed by atoms with Gasteiger partial charge in [0.05, 0.1) is 17.1 Å². The molecule has 0 aliphatic heterocycles. The van der Waals surface area contributed by atoms with Gasteiger partial charge in [-0.25, -0.2) is 0 Å². The van der Waals surface area contributed by atoms with Gasteiger partial charge in [-0.1, -0.05) is 69.3 Å². The number of rotatable bonds is 3. The molecule has 0 aliphatic carbocycles. The Bertz CT molecular complexity index is 998. The first-order valence-electron chi connectivity index (χ1n) is 8.73. The van der Waals surface area contributed by atoms with E-state index in [4.69, 9.17) is 0 Å². The molecular formula is C22H24N2O2. The second kappa shape index (κ2) is 6.79. The second-order valence-electron chi connectivity index (χ2n) is 7.66. The minimum Gasteiger partial charge on any atom is -0.345 e. The van der Waals surface area contributed by atoms with Gasteiger partial charge in [0.1, 0.15) is 0 Å². The van der Waals surface area contributed by atoms with Gasteiger partial charge < -0.3 is 9.88 Å². The average molecular weight is 348 g/mol. The van der Waals surface area contributed by atoms with Crippen LogP contribution in [0.5, 0.6) is 0 Å². The van der Waals surface area contributed by atoms with E-state index in [2.05, 4.69) is 26.1 Å². The SMILES string of the molecule is Cn1c(=O)cc(C(=O)NC(c2ccccc2)C(C)(C)C)c2ccccc21. The maximum Gasteiger partial charge on any atom is 0.252 e. The number of aryl methyl sites for hydroxylation is 1. The van der Waals surface area contributed by atoms with Gasteiger partial charge in [0.2, 0.25) is 0 Å². The molecule has 0 bridgehead atoms. The number of para-hydroxylation sites is 1. The number of benzene rings is 2. The van der Waals surface area contributed by atoms with E-state index < -0.39 is 0 Å². The zero-order chi connectivity index (χ0) is 18.9. The van der Waals surface area contributed by atoms with E-state index >= 15 is 0 Å². The molecule has 4 heteroatoms. The number of fused-ring (bicyclic) bond motifs is 1. The van der Waals surface area contributed by atoms with Crippen LogP contribution in [-0.4, -0.2) is 10.5 Å². The third-order valence-electron chi connectivity index (χ3n) is 4.67. The Labute approximate surface area is 153 Å². The monoisotopic (exact) mass is 348 g/mol. The number of amides is 1. The van der Waals surface area contributed by atoms with Crippen molar-refractivity contribution >= 4 is 16.8 Å². The zero-order valence-corrected chi connectivity index (χ0v) is 15.6. The molecule has 134 valence electrons. The summed E-state index contributed by atoms with van der Waals surface area (Å²) in [6.45, 7) is 6.27. The van der Waals surface area contributed by atoms with E-state index in [1.165, 1.54) is 6.07 Å². The van der Waals surface area contributed by atoms with Crippen LogP contribution in [0.3, 0.4) is 0 Å². The van der Waals surface area contributed by atoms with Gasteiger partial charge in [0, 0.05) is 18.5 Å². The standard InChI is InChI=1S/C22H24N2O2/c1-22(2,3)20(15-10-6-5-7-11-15)23-21(26)17-14-19(25)24(4)18-13-9-8-12-16(17)18/h5-14,20H,1-4H3,(H,23,26). The predicted octanol–water partition coefficient (Wildman–Crippen LogP) is 4.06. The number of pyridine rings is 1. The van der Waals surface area contributed by atoms with Crippen molar-refractivity contribution in [1.82, 2.24) is 9.88 Å². The van der Waals surface area contributed by atoms with E-state index in [1.807, 2.05) is 54.6 Å². The Hall–Kier alpha value is -2.88. The summed E-state index contributed by atoms with van der Waals surface area (Å²) in [6, 6.07) is 18.6. The molecule has 1 heterocycles. The Morgan fingerprint density at radius 1 is 1.00 bits per heavy atom. The molecule has 3 aromatic rings. The molecule has 2 aromatic carbocycles. The highest BCUT2D eigenvalue weighted by Crippen LogP contribution is 2.33. The number of hydrogen-bond donors (Lipinski definition) is 1. The van der Waals surface area contributed by atoms with Crippen molar-refractivity contribution in [1.29, 1.82) is 0 Å². The maximum atomic E-state index is 13.1. The minimum absolute atomic E-state index is 0.168. The Kier molecular flexibility index (Phi) is 4.68. The topological polar surface area (TPSA) is 51.1 Å². The van der Waals surface area contributed by atoms with Crippen molar-refractivity contribution in [2.24, 2.45) is 12.5 Å². The molecule has 1 amide bonds. The molecule has 0 radical (unpaired) electrons. The highest BCUT2D eigenvalue weighted by molar-refractivity contribution is 6.06. The number of nitrogens with one attached hydrogen (secondary N) is 1. The third-order valence-corrected chi connectivity index (χ3v) is 4.67. The van der Waals surface area contributed by atoms with Gasteiger partial charge >= 0.3 is 0 Å². The Balaban J connectivity index is 2.06. The zero-order valence-electron chi connectivity index (χ0n) is 15.6. The molecule has 0 saturated carbocycles. The van der Waals surface area contributed by atoms with Crippen LogP contribution >= 0.6 is 0 Å². The van der Waals surface area contributed by atoms with Crippen LogP contribution in [0.25, 0.3) is 10.9 Å². The van der Waals surface area contributed by atoms with Gasteiger partial charge in [-0.15, -0.1) is 0 Å². The van der Waals surface area contributed by atoms with Crippen LogP contribution in [-0.2, 0) is 7.05 Å². The molecule has 26 heavy (non-hydrogen) atoms. The Morgan fingerprint density at radius 2 is 1.62 bits per heavy atom. The summed E-state index contributed by atoms with van der Waals surface area (Å²) in [5, 5.41) is 3.91. The second-order valence-corrected chi connectivity index (χ2v) is 7.66. The van der Waals surface area contributed by atoms with Crippen molar-refractivity contribution in [3.05, 3.63) is 82.1 Å². The fourth-order valence-corrected chi connectivity index (χ4v) is 3.25. The number of carbonyl (C=O) groups is 1. The van der Waals surface area contributed by atoms with Gasteiger partial charge in [-0.3, -0.25) is 9.59 Å². The van der Waals surface area contributed by atoms with Gasteiger partial charge in [-0.05, 0) is 17.0 Å². The highest BCUT2D eigenvalue weighted by Gasteiger charge is 2.28. The lowest BCUT2D eigenvalue weighted by Crippen LogP contribution is -2.37. The maximum absolute atomic E-state index is 13.1. The molecule has 4 nitrogen and oxygen atoms in total. The quantitative estimate of drug-likeness (QED) is 0.776. The van der Waals surface area contributed by atoms with Gasteiger partial charge in [-0.2, -0.15) is 0 Å². The largest absolute Gasteiger partial charge is 0.345 e. The molecule has 1 atom stereocenters. The van der Waals surface area contributed by atoms with Crippen LogP contribution in [0.4, 0.5) is 0 Å². The smallest absolute Gasteiger partial charge is 0.252 e. The molecule has 1 unspecified atom stereocenters. The molecule has 1 N–H and O–H groups in total. The van der Waals surface area contributed by atoms with Crippen LogP contribution < -0.4 is 10.9 Å². The van der Waals surface area contributed by atoms with Crippen LogP contribution in [0, 0.1) is 5.41 Å². The van der Waals surface area contributed by atoms with Gasteiger partial charge in [0.15, 0.2) is 0 Å². The normalized spacial score (nSPS) is 12.8. The summed E-state index contributed by atoms with van der Waals surface area (Å²) in [5.74, 6) is -0.234. The molecule has 0 spiro atoms. The first kappa shape index (κ1) is 17.9. The van der Waals surface area contributed by atoms with Gasteiger partial charge in [0.25, 0.3) is 11.5 Å². The first-order valence-corrected chi connectivity index (χ1v) is 8.73. The van der Waals surface area contributed by atoms with E-state index in [0.29, 0.717) is 5.56 Å². The lowest BCUT2D eigenvalue weighted by molar-refractivity contribution is 0.0903. The summed E-state index contributed by atoms with van der Waals surface area (Å²) in [6.07, 6.45) is 0. The number of carbonyl (C=O) groups excluding carboxylic acids is 1. The van der Waals surface area contributed by atoms with Crippen molar-refractivity contribution < 1.29 is 4.79 Å². The van der Waals surface area contributed by atoms with Crippen molar-refractivity contribution in [2.45, 2.75) is 26.8 Å². The van der Waals surface area contributed by atoms with E-state index in [9.17, 15) is 9.59 Å². The summed E-state index contributed by atoms with van der Waals surface area (Å²) >= 11 is 0. The van der Waals surface area contributed by atoms with Crippen molar-refractivity contribution in [3.63, 3.8) is 0 Å². The average Bonchev–Trinajstić information content (AvgIpc) is 2.62. The van der Waals surface area contributed by atoms with Crippen LogP contribution in [0.2, 0.25) is 0 Å². The molecule has 0 fully saturated rings. The summed E-state index contributed by atoms with van der Waals surface area (Å²) < 4.78 is 1.56. The first-order chi connectivity index (χ1) is 12.3. The third kappa shape index (κ3) is 3.40. The van der Waals surface area contributed by atoms with E-state index in [-0.39, 0.29) is 22.9 Å².